The molecule has 0 bridgehead atoms. The third-order valence-electron chi connectivity index (χ3n) is 2.35. The second kappa shape index (κ2) is 7.17. The van der Waals surface area contributed by atoms with Gasteiger partial charge in [0.1, 0.15) is 11.5 Å². The minimum Gasteiger partial charge on any atom is -0.394 e. The molecule has 1 unspecified atom stereocenters. The molecular formula is C11H17N3O3S. The van der Waals surface area contributed by atoms with E-state index in [1.54, 1.807) is 0 Å². The summed E-state index contributed by atoms with van der Waals surface area (Å²) in [5, 5.41) is 11.6. The van der Waals surface area contributed by atoms with E-state index in [9.17, 15) is 9.59 Å². The predicted molar refractivity (Wildman–Crippen MR) is 70.7 cm³/mol. The van der Waals surface area contributed by atoms with Gasteiger partial charge >= 0.3 is 0 Å². The van der Waals surface area contributed by atoms with Gasteiger partial charge in [0.05, 0.1) is 18.4 Å². The number of nitrogens with one attached hydrogen (secondary N) is 2. The SMILES string of the molecule is CCC(CO)NC(=O)c1cc(=O)[nH]c(CSC)n1. The van der Waals surface area contributed by atoms with Gasteiger partial charge in [-0.2, -0.15) is 11.8 Å². The maximum absolute atomic E-state index is 11.8. The number of H-pyrrole nitrogens is 1. The van der Waals surface area contributed by atoms with Crippen molar-refractivity contribution in [1.82, 2.24) is 15.3 Å². The Morgan fingerprint density at radius 3 is 2.94 bits per heavy atom. The number of nitrogens with zero attached hydrogens (tertiary/aromatic N) is 1. The molecule has 0 aliphatic carbocycles. The van der Waals surface area contributed by atoms with Crippen molar-refractivity contribution in [3.63, 3.8) is 0 Å². The van der Waals surface area contributed by atoms with Crippen LogP contribution in [0.3, 0.4) is 0 Å². The number of aromatic amines is 1. The number of carbonyl (C=O) groups excluding carboxylic acids is 1. The first-order valence-corrected chi connectivity index (χ1v) is 7.01. The summed E-state index contributed by atoms with van der Waals surface area (Å²) in [5.41, 5.74) is -0.272. The second-order valence-corrected chi connectivity index (χ2v) is 4.64. The quantitative estimate of drug-likeness (QED) is 0.684. The van der Waals surface area contributed by atoms with E-state index in [4.69, 9.17) is 5.11 Å². The van der Waals surface area contributed by atoms with Crippen LogP contribution in [0.4, 0.5) is 0 Å². The minimum atomic E-state index is -0.440. The number of rotatable bonds is 6. The van der Waals surface area contributed by atoms with Crippen LogP contribution in [0, 0.1) is 0 Å². The molecule has 7 heteroatoms. The van der Waals surface area contributed by atoms with Crippen LogP contribution >= 0.6 is 11.8 Å². The lowest BCUT2D eigenvalue weighted by Gasteiger charge is -2.13. The van der Waals surface area contributed by atoms with E-state index in [0.717, 1.165) is 6.07 Å². The van der Waals surface area contributed by atoms with Gasteiger partial charge in [-0.05, 0) is 12.7 Å². The molecule has 1 amide bonds. The first kappa shape index (κ1) is 14.7. The molecule has 0 radical (unpaired) electrons. The Balaban J connectivity index is 2.88. The maximum atomic E-state index is 11.8. The summed E-state index contributed by atoms with van der Waals surface area (Å²) in [4.78, 5) is 29.9. The Hall–Kier alpha value is -1.34. The highest BCUT2D eigenvalue weighted by atomic mass is 32.2. The average molecular weight is 271 g/mol. The first-order chi connectivity index (χ1) is 8.60. The number of thioether (sulfide) groups is 1. The van der Waals surface area contributed by atoms with E-state index in [1.807, 2.05) is 13.2 Å². The van der Waals surface area contributed by atoms with Gasteiger partial charge < -0.3 is 15.4 Å². The molecule has 1 aromatic heterocycles. The van der Waals surface area contributed by atoms with Crippen LogP contribution in [0.1, 0.15) is 29.7 Å². The minimum absolute atomic E-state index is 0.0784. The molecule has 0 aromatic carbocycles. The molecule has 0 fully saturated rings. The van der Waals surface area contributed by atoms with Crippen molar-refractivity contribution < 1.29 is 9.90 Å². The Morgan fingerprint density at radius 1 is 1.67 bits per heavy atom. The summed E-state index contributed by atoms with van der Waals surface area (Å²) in [5.74, 6) is 0.564. The molecule has 6 nitrogen and oxygen atoms in total. The number of carbonyl (C=O) groups is 1. The van der Waals surface area contributed by atoms with Crippen molar-refractivity contribution in [3.8, 4) is 0 Å². The van der Waals surface area contributed by atoms with Gasteiger partial charge in [-0.3, -0.25) is 9.59 Å². The fourth-order valence-corrected chi connectivity index (χ4v) is 1.78. The standard InChI is InChI=1S/C11H17N3O3S/c1-3-7(5-15)12-11(17)8-4-10(16)14-9(13-8)6-18-2/h4,7,15H,3,5-6H2,1-2H3,(H,12,17)(H,13,14,16). The van der Waals surface area contributed by atoms with Crippen LogP contribution < -0.4 is 10.9 Å². The monoisotopic (exact) mass is 271 g/mol. The van der Waals surface area contributed by atoms with Crippen LogP contribution in [-0.2, 0) is 5.75 Å². The van der Waals surface area contributed by atoms with Crippen LogP contribution in [0.5, 0.6) is 0 Å². The Morgan fingerprint density at radius 2 is 2.39 bits per heavy atom. The van der Waals surface area contributed by atoms with E-state index in [2.05, 4.69) is 15.3 Å². The normalized spacial score (nSPS) is 12.2. The van der Waals surface area contributed by atoms with Crippen molar-refractivity contribution in [2.75, 3.05) is 12.9 Å². The second-order valence-electron chi connectivity index (χ2n) is 3.77. The Kier molecular flexibility index (Phi) is 5.87. The Bertz CT molecular complexity index is 457. The van der Waals surface area contributed by atoms with Crippen LogP contribution in [-0.4, -0.2) is 39.9 Å². The summed E-state index contributed by atoms with van der Waals surface area (Å²) < 4.78 is 0. The molecule has 1 aromatic rings. The largest absolute Gasteiger partial charge is 0.394 e. The first-order valence-electron chi connectivity index (χ1n) is 5.61. The van der Waals surface area contributed by atoms with Gasteiger partial charge in [0, 0.05) is 6.07 Å². The number of aliphatic hydroxyl groups is 1. The predicted octanol–water partition coefficient (Wildman–Crippen LogP) is 0.134. The molecule has 100 valence electrons. The molecule has 0 saturated carbocycles. The van der Waals surface area contributed by atoms with Gasteiger partial charge in [-0.25, -0.2) is 4.98 Å². The van der Waals surface area contributed by atoms with Crippen molar-refractivity contribution in [1.29, 1.82) is 0 Å². The van der Waals surface area contributed by atoms with Crippen molar-refractivity contribution in [2.45, 2.75) is 25.1 Å². The zero-order valence-electron chi connectivity index (χ0n) is 10.4. The molecule has 0 aliphatic heterocycles. The Labute approximate surface area is 109 Å². The van der Waals surface area contributed by atoms with Gasteiger partial charge in [-0.15, -0.1) is 0 Å². The van der Waals surface area contributed by atoms with Gasteiger partial charge in [0.2, 0.25) is 0 Å². The highest BCUT2D eigenvalue weighted by molar-refractivity contribution is 7.97. The molecule has 1 rings (SSSR count). The van der Waals surface area contributed by atoms with Crippen LogP contribution in [0.2, 0.25) is 0 Å². The van der Waals surface area contributed by atoms with E-state index >= 15 is 0 Å². The lowest BCUT2D eigenvalue weighted by atomic mass is 10.2. The lowest BCUT2D eigenvalue weighted by molar-refractivity contribution is 0.0909. The number of hydrogen-bond donors (Lipinski definition) is 3. The van der Waals surface area contributed by atoms with Gasteiger partial charge in [0.15, 0.2) is 0 Å². The molecular weight excluding hydrogens is 254 g/mol. The highest BCUT2D eigenvalue weighted by Gasteiger charge is 2.14. The molecule has 1 atom stereocenters. The number of aromatic nitrogens is 2. The molecule has 3 N–H and O–H groups in total. The number of hydrogen-bond acceptors (Lipinski definition) is 5. The van der Waals surface area contributed by atoms with Gasteiger partial charge in [0.25, 0.3) is 11.5 Å². The zero-order chi connectivity index (χ0) is 13.5. The molecule has 0 spiro atoms. The van der Waals surface area contributed by atoms with Crippen LogP contribution in [0.25, 0.3) is 0 Å². The summed E-state index contributed by atoms with van der Waals surface area (Å²) in [6.45, 7) is 1.72. The molecule has 0 saturated heterocycles. The molecule has 18 heavy (non-hydrogen) atoms. The zero-order valence-corrected chi connectivity index (χ0v) is 11.2. The van der Waals surface area contributed by atoms with E-state index in [1.165, 1.54) is 11.8 Å². The van der Waals surface area contributed by atoms with Crippen LogP contribution in [0.15, 0.2) is 10.9 Å². The fraction of sp³-hybridized carbons (Fsp3) is 0.545. The third kappa shape index (κ3) is 4.15. The number of aliphatic hydroxyl groups excluding tert-OH is 1. The average Bonchev–Trinajstić information content (AvgIpc) is 2.35. The van der Waals surface area contributed by atoms with E-state index < -0.39 is 5.91 Å². The third-order valence-corrected chi connectivity index (χ3v) is 2.91. The maximum Gasteiger partial charge on any atom is 0.270 e. The highest BCUT2D eigenvalue weighted by Crippen LogP contribution is 2.03. The topological polar surface area (TPSA) is 95.1 Å². The van der Waals surface area contributed by atoms with E-state index in [-0.39, 0.29) is 23.9 Å². The summed E-state index contributed by atoms with van der Waals surface area (Å²) in [6.07, 6.45) is 2.49. The van der Waals surface area contributed by atoms with E-state index in [0.29, 0.717) is 18.0 Å². The lowest BCUT2D eigenvalue weighted by Crippen LogP contribution is -2.38. The molecule has 1 heterocycles. The summed E-state index contributed by atoms with van der Waals surface area (Å²) >= 11 is 1.50. The van der Waals surface area contributed by atoms with Gasteiger partial charge in [-0.1, -0.05) is 6.92 Å². The summed E-state index contributed by atoms with van der Waals surface area (Å²) in [6, 6.07) is 0.839. The van der Waals surface area contributed by atoms with Crippen molar-refractivity contribution in [3.05, 3.63) is 27.9 Å². The fourth-order valence-electron chi connectivity index (χ4n) is 1.37. The summed E-state index contributed by atoms with van der Waals surface area (Å²) in [7, 11) is 0. The van der Waals surface area contributed by atoms with Crippen molar-refractivity contribution >= 4 is 17.7 Å². The smallest absolute Gasteiger partial charge is 0.270 e. The number of amides is 1. The molecule has 0 aliphatic rings. The van der Waals surface area contributed by atoms with Crippen molar-refractivity contribution in [2.24, 2.45) is 0 Å².